The van der Waals surface area contributed by atoms with Crippen LogP contribution in [0.4, 0.5) is 4.79 Å². The van der Waals surface area contributed by atoms with E-state index in [-0.39, 0.29) is 12.7 Å². The number of pyridine rings is 1. The lowest BCUT2D eigenvalue weighted by molar-refractivity contribution is 0.118. The molecule has 7 heteroatoms. The molecule has 1 amide bonds. The van der Waals surface area contributed by atoms with E-state index in [2.05, 4.69) is 15.3 Å². The molecule has 1 aromatic carbocycles. The summed E-state index contributed by atoms with van der Waals surface area (Å²) in [5.41, 5.74) is 0. The highest BCUT2D eigenvalue weighted by Crippen LogP contribution is 2.31. The van der Waals surface area contributed by atoms with Crippen molar-refractivity contribution < 1.29 is 14.3 Å². The maximum Gasteiger partial charge on any atom is 0.406 e. The van der Waals surface area contributed by atoms with Gasteiger partial charge in [0, 0.05) is 42.8 Å². The van der Waals surface area contributed by atoms with Crippen molar-refractivity contribution in [3.63, 3.8) is 0 Å². The van der Waals surface area contributed by atoms with Gasteiger partial charge in [-0.3, -0.25) is 4.98 Å². The van der Waals surface area contributed by atoms with Gasteiger partial charge in [-0.1, -0.05) is 12.1 Å². The lowest BCUT2D eigenvalue weighted by Gasteiger charge is -2.18. The summed E-state index contributed by atoms with van der Waals surface area (Å²) in [5, 5.41) is 7.16. The van der Waals surface area contributed by atoms with Gasteiger partial charge in [0.1, 0.15) is 10.8 Å². The van der Waals surface area contributed by atoms with Crippen molar-refractivity contribution in [3.05, 3.63) is 53.2 Å². The van der Waals surface area contributed by atoms with Crippen LogP contribution in [-0.4, -0.2) is 29.7 Å². The van der Waals surface area contributed by atoms with Crippen LogP contribution in [0.25, 0.3) is 10.8 Å². The van der Waals surface area contributed by atoms with Crippen molar-refractivity contribution in [1.29, 1.82) is 0 Å². The SMILES string of the molecule is CNC(=O)OCCC(Oc1cccc2ccncc12)c1nccs1. The number of carbonyl (C=O) groups excluding carboxylic acids is 1. The Morgan fingerprint density at radius 3 is 3.04 bits per heavy atom. The molecule has 124 valence electrons. The number of hydrogen-bond acceptors (Lipinski definition) is 6. The van der Waals surface area contributed by atoms with Crippen molar-refractivity contribution in [3.8, 4) is 5.75 Å². The van der Waals surface area contributed by atoms with Crippen LogP contribution >= 0.6 is 11.3 Å². The normalized spacial score (nSPS) is 11.9. The van der Waals surface area contributed by atoms with Crippen LogP contribution in [0.3, 0.4) is 0 Å². The molecule has 0 aliphatic carbocycles. The fourth-order valence-electron chi connectivity index (χ4n) is 2.30. The summed E-state index contributed by atoms with van der Waals surface area (Å²) < 4.78 is 11.3. The number of ether oxygens (including phenoxy) is 2. The second-order valence-electron chi connectivity index (χ2n) is 5.00. The zero-order chi connectivity index (χ0) is 16.8. The number of fused-ring (bicyclic) bond motifs is 1. The molecule has 0 aliphatic heterocycles. The highest BCUT2D eigenvalue weighted by Gasteiger charge is 2.18. The molecule has 0 bridgehead atoms. The predicted molar refractivity (Wildman–Crippen MR) is 92.3 cm³/mol. The van der Waals surface area contributed by atoms with E-state index in [0.29, 0.717) is 6.42 Å². The van der Waals surface area contributed by atoms with Crippen molar-refractivity contribution in [2.45, 2.75) is 12.5 Å². The molecule has 2 aromatic heterocycles. The van der Waals surface area contributed by atoms with E-state index in [1.807, 2.05) is 29.6 Å². The van der Waals surface area contributed by atoms with Gasteiger partial charge in [-0.05, 0) is 17.5 Å². The van der Waals surface area contributed by atoms with Crippen LogP contribution < -0.4 is 10.1 Å². The van der Waals surface area contributed by atoms with E-state index >= 15 is 0 Å². The lowest BCUT2D eigenvalue weighted by atomic mass is 10.1. The number of rotatable bonds is 6. The standard InChI is InChI=1S/C17H17N3O3S/c1-18-17(21)22-9-6-15(16-20-8-10-24-16)23-14-4-2-3-12-5-7-19-11-13(12)14/h2-5,7-8,10-11,15H,6,9H2,1H3,(H,18,21). The van der Waals surface area contributed by atoms with E-state index in [4.69, 9.17) is 9.47 Å². The third kappa shape index (κ3) is 3.80. The highest BCUT2D eigenvalue weighted by atomic mass is 32.1. The summed E-state index contributed by atoms with van der Waals surface area (Å²) in [4.78, 5) is 19.7. The van der Waals surface area contributed by atoms with Gasteiger partial charge in [0.05, 0.1) is 6.61 Å². The molecule has 24 heavy (non-hydrogen) atoms. The van der Waals surface area contributed by atoms with Crippen molar-refractivity contribution in [1.82, 2.24) is 15.3 Å². The van der Waals surface area contributed by atoms with E-state index < -0.39 is 6.09 Å². The number of thiazole rings is 1. The minimum atomic E-state index is -0.456. The summed E-state index contributed by atoms with van der Waals surface area (Å²) in [6.45, 7) is 0.243. The number of aromatic nitrogens is 2. The first-order valence-electron chi connectivity index (χ1n) is 7.51. The number of alkyl carbamates (subject to hydrolysis) is 1. The van der Waals surface area contributed by atoms with E-state index in [0.717, 1.165) is 21.5 Å². The van der Waals surface area contributed by atoms with Crippen LogP contribution in [-0.2, 0) is 4.74 Å². The third-order valence-corrected chi connectivity index (χ3v) is 4.32. The Bertz CT molecular complexity index is 802. The Morgan fingerprint density at radius 2 is 2.25 bits per heavy atom. The molecule has 2 heterocycles. The van der Waals surface area contributed by atoms with Gasteiger partial charge in [-0.2, -0.15) is 0 Å². The molecule has 6 nitrogen and oxygen atoms in total. The quantitative estimate of drug-likeness (QED) is 0.741. The Labute approximate surface area is 143 Å². The largest absolute Gasteiger partial charge is 0.482 e. The monoisotopic (exact) mass is 343 g/mol. The minimum absolute atomic E-state index is 0.243. The topological polar surface area (TPSA) is 73.3 Å². The van der Waals surface area contributed by atoms with Crippen molar-refractivity contribution in [2.24, 2.45) is 0 Å². The first-order chi connectivity index (χ1) is 11.8. The Hall–Kier alpha value is -2.67. The fourth-order valence-corrected chi connectivity index (χ4v) is 3.00. The molecule has 0 aliphatic rings. The van der Waals surface area contributed by atoms with Crippen LogP contribution in [0, 0.1) is 0 Å². The Balaban J connectivity index is 1.79. The molecule has 0 saturated carbocycles. The van der Waals surface area contributed by atoms with Gasteiger partial charge in [-0.25, -0.2) is 9.78 Å². The van der Waals surface area contributed by atoms with Gasteiger partial charge in [-0.15, -0.1) is 11.3 Å². The van der Waals surface area contributed by atoms with Gasteiger partial charge < -0.3 is 14.8 Å². The third-order valence-electron chi connectivity index (χ3n) is 3.46. The van der Waals surface area contributed by atoms with Crippen molar-refractivity contribution in [2.75, 3.05) is 13.7 Å². The maximum atomic E-state index is 11.2. The maximum absolute atomic E-state index is 11.2. The molecular weight excluding hydrogens is 326 g/mol. The van der Waals surface area contributed by atoms with Crippen LogP contribution in [0.1, 0.15) is 17.5 Å². The van der Waals surface area contributed by atoms with Crippen LogP contribution in [0.5, 0.6) is 5.75 Å². The number of benzene rings is 1. The summed E-state index contributed by atoms with van der Waals surface area (Å²) >= 11 is 1.51. The minimum Gasteiger partial charge on any atom is -0.482 e. The first kappa shape index (κ1) is 16.2. The number of hydrogen-bond donors (Lipinski definition) is 1. The molecule has 1 unspecified atom stereocenters. The molecule has 0 saturated heterocycles. The lowest BCUT2D eigenvalue weighted by Crippen LogP contribution is -2.21. The molecule has 0 spiro atoms. The average molecular weight is 343 g/mol. The number of nitrogens with zero attached hydrogens (tertiary/aromatic N) is 2. The first-order valence-corrected chi connectivity index (χ1v) is 8.39. The van der Waals surface area contributed by atoms with Crippen molar-refractivity contribution >= 4 is 28.2 Å². The molecule has 0 fully saturated rings. The summed E-state index contributed by atoms with van der Waals surface area (Å²) in [7, 11) is 1.53. The summed E-state index contributed by atoms with van der Waals surface area (Å²) in [6, 6.07) is 7.80. The molecular formula is C17H17N3O3S. The molecule has 0 radical (unpaired) electrons. The molecule has 3 aromatic rings. The summed E-state index contributed by atoms with van der Waals surface area (Å²) in [5.74, 6) is 0.737. The van der Waals surface area contributed by atoms with E-state index in [9.17, 15) is 4.79 Å². The van der Waals surface area contributed by atoms with Crippen LogP contribution in [0.15, 0.2) is 48.2 Å². The Morgan fingerprint density at radius 1 is 1.33 bits per heavy atom. The smallest absolute Gasteiger partial charge is 0.406 e. The fraction of sp³-hybridized carbons (Fsp3) is 0.235. The number of nitrogens with one attached hydrogen (secondary N) is 1. The van der Waals surface area contributed by atoms with Gasteiger partial charge >= 0.3 is 6.09 Å². The molecule has 3 rings (SSSR count). The number of amides is 1. The Kier molecular flexibility index (Phi) is 5.22. The van der Waals surface area contributed by atoms with Crippen LogP contribution in [0.2, 0.25) is 0 Å². The van der Waals surface area contributed by atoms with Gasteiger partial charge in [0.25, 0.3) is 0 Å². The van der Waals surface area contributed by atoms with Gasteiger partial charge in [0.2, 0.25) is 0 Å². The average Bonchev–Trinajstić information content (AvgIpc) is 3.15. The zero-order valence-electron chi connectivity index (χ0n) is 13.1. The highest BCUT2D eigenvalue weighted by molar-refractivity contribution is 7.09. The van der Waals surface area contributed by atoms with E-state index in [1.165, 1.54) is 18.4 Å². The van der Waals surface area contributed by atoms with Gasteiger partial charge in [0.15, 0.2) is 6.10 Å². The summed E-state index contributed by atoms with van der Waals surface area (Å²) in [6.07, 6.45) is 5.03. The predicted octanol–water partition coefficient (Wildman–Crippen LogP) is 3.56. The second-order valence-corrected chi connectivity index (χ2v) is 5.93. The molecule has 1 N–H and O–H groups in total. The molecule has 1 atom stereocenters. The second kappa shape index (κ2) is 7.74. The van der Waals surface area contributed by atoms with E-state index in [1.54, 1.807) is 18.6 Å². The zero-order valence-corrected chi connectivity index (χ0v) is 14.0. The number of carbonyl (C=O) groups is 1.